The number of carbonyl (C=O) groups excluding carboxylic acids is 2. The number of urea groups is 1. The van der Waals surface area contributed by atoms with Crippen molar-refractivity contribution in [3.05, 3.63) is 29.8 Å². The fourth-order valence-electron chi connectivity index (χ4n) is 2.55. The maximum absolute atomic E-state index is 12.2. The minimum atomic E-state index is -0.0971. The lowest BCUT2D eigenvalue weighted by molar-refractivity contribution is 0.101. The molecular formula is C16H23N3O2. The Morgan fingerprint density at radius 3 is 2.29 bits per heavy atom. The summed E-state index contributed by atoms with van der Waals surface area (Å²) in [7, 11) is 3.95. The van der Waals surface area contributed by atoms with Crippen LogP contribution in [0.15, 0.2) is 24.3 Å². The molecule has 0 radical (unpaired) electrons. The molecule has 0 unspecified atom stereocenters. The van der Waals surface area contributed by atoms with Gasteiger partial charge in [-0.2, -0.15) is 0 Å². The monoisotopic (exact) mass is 289 g/mol. The van der Waals surface area contributed by atoms with E-state index in [1.165, 1.54) is 6.92 Å². The molecule has 0 bridgehead atoms. The Balaban J connectivity index is 1.92. The van der Waals surface area contributed by atoms with Crippen molar-refractivity contribution in [1.29, 1.82) is 0 Å². The largest absolute Gasteiger partial charge is 0.325 e. The fraction of sp³-hybridized carbons (Fsp3) is 0.500. The summed E-state index contributed by atoms with van der Waals surface area (Å²) >= 11 is 0. The number of benzene rings is 1. The predicted octanol–water partition coefficient (Wildman–Crippen LogP) is 2.45. The molecule has 1 heterocycles. The standard InChI is InChI=1S/C16H23N3O2/c1-12(20)13-4-6-14(7-5-13)17-16(21)19(3)15-8-10-18(2)11-9-15/h4-7,15H,8-11H2,1-3H3,(H,17,21). The molecule has 5 nitrogen and oxygen atoms in total. The first-order valence-electron chi connectivity index (χ1n) is 7.30. The molecule has 0 saturated carbocycles. The van der Waals surface area contributed by atoms with E-state index in [1.807, 2.05) is 7.05 Å². The number of ketones is 1. The number of Topliss-reactive ketones (excluding diaryl/α,β-unsaturated/α-hetero) is 1. The summed E-state index contributed by atoms with van der Waals surface area (Å²) in [5.41, 5.74) is 1.36. The van der Waals surface area contributed by atoms with Crippen molar-refractivity contribution >= 4 is 17.5 Å². The number of anilines is 1. The normalized spacial score (nSPS) is 16.5. The second-order valence-electron chi connectivity index (χ2n) is 5.71. The van der Waals surface area contributed by atoms with E-state index in [4.69, 9.17) is 0 Å². The van der Waals surface area contributed by atoms with Crippen LogP contribution >= 0.6 is 0 Å². The van der Waals surface area contributed by atoms with E-state index in [-0.39, 0.29) is 17.9 Å². The van der Waals surface area contributed by atoms with Crippen molar-refractivity contribution < 1.29 is 9.59 Å². The molecule has 1 aromatic carbocycles. The van der Waals surface area contributed by atoms with Gasteiger partial charge in [-0.1, -0.05) is 0 Å². The van der Waals surface area contributed by atoms with Crippen LogP contribution in [0.3, 0.4) is 0 Å². The van der Waals surface area contributed by atoms with Crippen LogP contribution in [0, 0.1) is 0 Å². The molecule has 1 aliphatic rings. The molecule has 2 amide bonds. The average molecular weight is 289 g/mol. The third kappa shape index (κ3) is 4.04. The Labute approximate surface area is 125 Å². The van der Waals surface area contributed by atoms with Crippen molar-refractivity contribution in [1.82, 2.24) is 9.80 Å². The number of hydrogen-bond acceptors (Lipinski definition) is 3. The van der Waals surface area contributed by atoms with Gasteiger partial charge in [0.15, 0.2) is 5.78 Å². The molecule has 1 aliphatic heterocycles. The predicted molar refractivity (Wildman–Crippen MR) is 83.7 cm³/mol. The molecule has 2 rings (SSSR count). The SMILES string of the molecule is CC(=O)c1ccc(NC(=O)N(C)C2CCN(C)CC2)cc1. The molecule has 114 valence electrons. The summed E-state index contributed by atoms with van der Waals surface area (Å²) < 4.78 is 0. The zero-order chi connectivity index (χ0) is 15.4. The van der Waals surface area contributed by atoms with Gasteiger partial charge in [-0.25, -0.2) is 4.79 Å². The van der Waals surface area contributed by atoms with Gasteiger partial charge in [0.25, 0.3) is 0 Å². The van der Waals surface area contributed by atoms with Crippen molar-refractivity contribution in [2.24, 2.45) is 0 Å². The number of piperidine rings is 1. The average Bonchev–Trinajstić information content (AvgIpc) is 2.47. The lowest BCUT2D eigenvalue weighted by Crippen LogP contribution is -2.46. The molecule has 0 spiro atoms. The summed E-state index contributed by atoms with van der Waals surface area (Å²) in [6, 6.07) is 7.17. The minimum Gasteiger partial charge on any atom is -0.325 e. The van der Waals surface area contributed by atoms with Gasteiger partial charge in [0.1, 0.15) is 0 Å². The molecule has 0 aliphatic carbocycles. The van der Waals surface area contributed by atoms with Crippen molar-refractivity contribution in [2.45, 2.75) is 25.8 Å². The lowest BCUT2D eigenvalue weighted by atomic mass is 10.0. The van der Waals surface area contributed by atoms with E-state index in [2.05, 4.69) is 17.3 Å². The van der Waals surface area contributed by atoms with Gasteiger partial charge in [0.05, 0.1) is 0 Å². The second-order valence-corrected chi connectivity index (χ2v) is 5.71. The first-order chi connectivity index (χ1) is 9.97. The van der Waals surface area contributed by atoms with E-state index in [1.54, 1.807) is 29.2 Å². The molecule has 21 heavy (non-hydrogen) atoms. The number of likely N-dealkylation sites (tertiary alicyclic amines) is 1. The van der Waals surface area contributed by atoms with E-state index < -0.39 is 0 Å². The molecule has 5 heteroatoms. The van der Waals surface area contributed by atoms with E-state index in [9.17, 15) is 9.59 Å². The Bertz CT molecular complexity index is 505. The molecule has 0 atom stereocenters. The van der Waals surface area contributed by atoms with Gasteiger partial charge < -0.3 is 15.1 Å². The Kier molecular flexibility index (Phi) is 4.96. The quantitative estimate of drug-likeness (QED) is 0.870. The molecule has 0 aromatic heterocycles. The number of nitrogens with zero attached hydrogens (tertiary/aromatic N) is 2. The highest BCUT2D eigenvalue weighted by Gasteiger charge is 2.23. The number of nitrogens with one attached hydrogen (secondary N) is 1. The summed E-state index contributed by atoms with van der Waals surface area (Å²) in [5.74, 6) is 0.0244. The van der Waals surface area contributed by atoms with Crippen LogP contribution in [0.1, 0.15) is 30.1 Å². The van der Waals surface area contributed by atoms with E-state index in [0.29, 0.717) is 11.3 Å². The summed E-state index contributed by atoms with van der Waals surface area (Å²) in [4.78, 5) is 27.5. The maximum Gasteiger partial charge on any atom is 0.321 e. The Morgan fingerprint density at radius 2 is 1.76 bits per heavy atom. The zero-order valence-electron chi connectivity index (χ0n) is 12.9. The third-order valence-corrected chi connectivity index (χ3v) is 4.10. The number of carbonyl (C=O) groups is 2. The number of hydrogen-bond donors (Lipinski definition) is 1. The first-order valence-corrected chi connectivity index (χ1v) is 7.30. The minimum absolute atomic E-state index is 0.0244. The zero-order valence-corrected chi connectivity index (χ0v) is 12.9. The third-order valence-electron chi connectivity index (χ3n) is 4.10. The van der Waals surface area contributed by atoms with Crippen molar-refractivity contribution in [3.8, 4) is 0 Å². The van der Waals surface area contributed by atoms with Gasteiger partial charge in [-0.05, 0) is 64.2 Å². The van der Waals surface area contributed by atoms with Gasteiger partial charge >= 0.3 is 6.03 Å². The van der Waals surface area contributed by atoms with Crippen LogP contribution in [0.25, 0.3) is 0 Å². The number of amides is 2. The highest BCUT2D eigenvalue weighted by Crippen LogP contribution is 2.16. The Morgan fingerprint density at radius 1 is 1.19 bits per heavy atom. The molecule has 1 saturated heterocycles. The first kappa shape index (κ1) is 15.5. The Hall–Kier alpha value is -1.88. The smallest absolute Gasteiger partial charge is 0.321 e. The van der Waals surface area contributed by atoms with Gasteiger partial charge in [-0.3, -0.25) is 4.79 Å². The van der Waals surface area contributed by atoms with Crippen LogP contribution in [0.2, 0.25) is 0 Å². The fourth-order valence-corrected chi connectivity index (χ4v) is 2.55. The summed E-state index contributed by atoms with van der Waals surface area (Å²) in [5, 5.41) is 2.88. The maximum atomic E-state index is 12.2. The van der Waals surface area contributed by atoms with Crippen LogP contribution in [-0.2, 0) is 0 Å². The van der Waals surface area contributed by atoms with Gasteiger partial charge in [-0.15, -0.1) is 0 Å². The molecule has 1 N–H and O–H groups in total. The highest BCUT2D eigenvalue weighted by atomic mass is 16.2. The van der Waals surface area contributed by atoms with Crippen LogP contribution in [0.5, 0.6) is 0 Å². The van der Waals surface area contributed by atoms with Crippen molar-refractivity contribution in [2.75, 3.05) is 32.5 Å². The summed E-state index contributed by atoms with van der Waals surface area (Å²) in [6.07, 6.45) is 2.01. The topological polar surface area (TPSA) is 52.7 Å². The summed E-state index contributed by atoms with van der Waals surface area (Å²) in [6.45, 7) is 3.58. The molecular weight excluding hydrogens is 266 g/mol. The second kappa shape index (κ2) is 6.72. The van der Waals surface area contributed by atoms with Crippen LogP contribution < -0.4 is 5.32 Å². The van der Waals surface area contributed by atoms with Gasteiger partial charge in [0, 0.05) is 24.3 Å². The molecule has 1 fully saturated rings. The lowest BCUT2D eigenvalue weighted by Gasteiger charge is -2.35. The van der Waals surface area contributed by atoms with E-state index in [0.717, 1.165) is 25.9 Å². The van der Waals surface area contributed by atoms with E-state index >= 15 is 0 Å². The van der Waals surface area contributed by atoms with Crippen LogP contribution in [0.4, 0.5) is 10.5 Å². The molecule has 1 aromatic rings. The van der Waals surface area contributed by atoms with Crippen molar-refractivity contribution in [3.63, 3.8) is 0 Å². The van der Waals surface area contributed by atoms with Crippen LogP contribution in [-0.4, -0.2) is 54.8 Å². The number of rotatable bonds is 3. The van der Waals surface area contributed by atoms with Gasteiger partial charge in [0.2, 0.25) is 0 Å². The highest BCUT2D eigenvalue weighted by molar-refractivity contribution is 5.95.